The number of ether oxygens (including phenoxy) is 1. The molecule has 126 valence electrons. The van der Waals surface area contributed by atoms with E-state index in [-0.39, 0.29) is 18.9 Å². The van der Waals surface area contributed by atoms with Crippen molar-refractivity contribution in [3.05, 3.63) is 46.9 Å². The van der Waals surface area contributed by atoms with E-state index in [1.807, 2.05) is 30.3 Å². The van der Waals surface area contributed by atoms with Gasteiger partial charge in [-0.25, -0.2) is 0 Å². The van der Waals surface area contributed by atoms with Gasteiger partial charge in [-0.05, 0) is 25.0 Å². The van der Waals surface area contributed by atoms with Gasteiger partial charge in [-0.15, -0.1) is 0 Å². The Morgan fingerprint density at radius 1 is 1.42 bits per heavy atom. The Morgan fingerprint density at radius 3 is 2.88 bits per heavy atom. The zero-order valence-electron chi connectivity index (χ0n) is 13.1. The summed E-state index contributed by atoms with van der Waals surface area (Å²) >= 11 is 6.39. The number of methoxy groups -OCH3 is 1. The van der Waals surface area contributed by atoms with Crippen molar-refractivity contribution >= 4 is 46.3 Å². The van der Waals surface area contributed by atoms with Crippen LogP contribution in [-0.4, -0.2) is 34.8 Å². The van der Waals surface area contributed by atoms with Crippen LogP contribution in [0.2, 0.25) is 0 Å². The Labute approximate surface area is 150 Å². The number of carbonyl (C=O) groups excluding carboxylic acids is 2. The molecule has 2 rings (SSSR count). The number of thioether (sulfide) groups is 1. The summed E-state index contributed by atoms with van der Waals surface area (Å²) in [5.41, 5.74) is 0.903. The van der Waals surface area contributed by atoms with E-state index >= 15 is 0 Å². The standard InChI is InChI=1S/C17H17NO4S2/c1-22-13-8-3-2-6-12(13)7-4-9-14-16(21)18(17(23)24-14)11-5-10-15(19)20/h2-4,6-9H,5,10-11H2,1H3,(H,19,20)/p-1/b7-4+,14-9-. The maximum atomic E-state index is 12.3. The number of aliphatic carboxylic acids is 1. The molecule has 0 aliphatic carbocycles. The molecular formula is C17H16NO4S2-. The number of thiocarbonyl (C=S) groups is 1. The first-order valence-corrected chi connectivity index (χ1v) is 8.50. The summed E-state index contributed by atoms with van der Waals surface area (Å²) in [5, 5.41) is 10.4. The van der Waals surface area contributed by atoms with Gasteiger partial charge in [0, 0.05) is 18.1 Å². The number of amides is 1. The molecule has 0 saturated carbocycles. The van der Waals surface area contributed by atoms with Crippen molar-refractivity contribution in [1.82, 2.24) is 4.90 Å². The lowest BCUT2D eigenvalue weighted by molar-refractivity contribution is -0.305. The van der Waals surface area contributed by atoms with Crippen LogP contribution < -0.4 is 9.84 Å². The highest BCUT2D eigenvalue weighted by atomic mass is 32.2. The van der Waals surface area contributed by atoms with Gasteiger partial charge < -0.3 is 14.6 Å². The zero-order chi connectivity index (χ0) is 17.5. The molecule has 0 bridgehead atoms. The summed E-state index contributed by atoms with van der Waals surface area (Å²) in [4.78, 5) is 24.7. The van der Waals surface area contributed by atoms with E-state index in [0.29, 0.717) is 15.6 Å². The molecule has 0 radical (unpaired) electrons. The van der Waals surface area contributed by atoms with E-state index in [0.717, 1.165) is 11.3 Å². The smallest absolute Gasteiger partial charge is 0.266 e. The van der Waals surface area contributed by atoms with Crippen molar-refractivity contribution in [2.45, 2.75) is 12.8 Å². The molecule has 24 heavy (non-hydrogen) atoms. The van der Waals surface area contributed by atoms with Gasteiger partial charge in [0.15, 0.2) is 0 Å². The number of nitrogens with zero attached hydrogens (tertiary/aromatic N) is 1. The molecule has 1 fully saturated rings. The van der Waals surface area contributed by atoms with Crippen LogP contribution in [0, 0.1) is 0 Å². The average molecular weight is 362 g/mol. The molecule has 1 amide bonds. The molecule has 5 nitrogen and oxygen atoms in total. The predicted octanol–water partition coefficient (Wildman–Crippen LogP) is 1.98. The van der Waals surface area contributed by atoms with Crippen LogP contribution in [0.4, 0.5) is 0 Å². The number of para-hydroxylation sites is 1. The van der Waals surface area contributed by atoms with Crippen LogP contribution in [0.5, 0.6) is 5.75 Å². The van der Waals surface area contributed by atoms with Gasteiger partial charge in [0.1, 0.15) is 10.1 Å². The van der Waals surface area contributed by atoms with Crippen LogP contribution in [0.3, 0.4) is 0 Å². The normalized spacial score (nSPS) is 16.4. The fourth-order valence-corrected chi connectivity index (χ4v) is 3.39. The lowest BCUT2D eigenvalue weighted by Gasteiger charge is -2.14. The van der Waals surface area contributed by atoms with Crippen LogP contribution in [0.25, 0.3) is 6.08 Å². The van der Waals surface area contributed by atoms with E-state index in [4.69, 9.17) is 17.0 Å². The van der Waals surface area contributed by atoms with Gasteiger partial charge in [0.25, 0.3) is 5.91 Å². The first kappa shape index (κ1) is 18.2. The lowest BCUT2D eigenvalue weighted by atomic mass is 10.2. The highest BCUT2D eigenvalue weighted by Crippen LogP contribution is 2.31. The molecule has 1 aliphatic rings. The molecule has 1 aliphatic heterocycles. The number of hydrogen-bond donors (Lipinski definition) is 0. The fourth-order valence-electron chi connectivity index (χ4n) is 2.13. The van der Waals surface area contributed by atoms with Gasteiger partial charge in [0.2, 0.25) is 0 Å². The van der Waals surface area contributed by atoms with Gasteiger partial charge in [-0.2, -0.15) is 0 Å². The summed E-state index contributed by atoms with van der Waals surface area (Å²) < 4.78 is 5.70. The summed E-state index contributed by atoms with van der Waals surface area (Å²) in [5.74, 6) is -0.583. The minimum absolute atomic E-state index is 0.0934. The van der Waals surface area contributed by atoms with E-state index in [1.54, 1.807) is 19.3 Å². The Kier molecular flexibility index (Phi) is 6.57. The third kappa shape index (κ3) is 4.69. The molecular weight excluding hydrogens is 346 g/mol. The summed E-state index contributed by atoms with van der Waals surface area (Å²) in [6.45, 7) is 0.284. The quantitative estimate of drug-likeness (QED) is 0.546. The fraction of sp³-hybridized carbons (Fsp3) is 0.235. The van der Waals surface area contributed by atoms with E-state index < -0.39 is 5.97 Å². The highest BCUT2D eigenvalue weighted by molar-refractivity contribution is 8.26. The SMILES string of the molecule is COc1ccccc1/C=C/C=C1\SC(=S)N(CCCC(=O)[O-])C1=O. The van der Waals surface area contributed by atoms with Crippen LogP contribution >= 0.6 is 24.0 Å². The minimum atomic E-state index is -1.13. The number of allylic oxidation sites excluding steroid dienone is 2. The first-order valence-electron chi connectivity index (χ1n) is 7.28. The summed E-state index contributed by atoms with van der Waals surface area (Å²) in [7, 11) is 1.60. The second-order valence-electron chi connectivity index (χ2n) is 4.93. The highest BCUT2D eigenvalue weighted by Gasteiger charge is 2.30. The van der Waals surface area contributed by atoms with Crippen molar-refractivity contribution in [1.29, 1.82) is 0 Å². The number of benzene rings is 1. The largest absolute Gasteiger partial charge is 0.550 e. The molecule has 1 heterocycles. The van der Waals surface area contributed by atoms with Crippen LogP contribution in [0.1, 0.15) is 18.4 Å². The van der Waals surface area contributed by atoms with E-state index in [1.165, 1.54) is 16.7 Å². The zero-order valence-corrected chi connectivity index (χ0v) is 14.7. The lowest BCUT2D eigenvalue weighted by Crippen LogP contribution is -2.30. The Hall–Kier alpha value is -2.12. The molecule has 1 aromatic carbocycles. The maximum absolute atomic E-state index is 12.3. The van der Waals surface area contributed by atoms with Crippen LogP contribution in [-0.2, 0) is 9.59 Å². The van der Waals surface area contributed by atoms with Crippen molar-refractivity contribution in [2.75, 3.05) is 13.7 Å². The third-order valence-corrected chi connectivity index (χ3v) is 4.69. The molecule has 0 N–H and O–H groups in total. The molecule has 1 saturated heterocycles. The maximum Gasteiger partial charge on any atom is 0.266 e. The Balaban J connectivity index is 2.03. The molecule has 0 spiro atoms. The molecule has 0 unspecified atom stereocenters. The van der Waals surface area contributed by atoms with Gasteiger partial charge in [-0.1, -0.05) is 54.3 Å². The summed E-state index contributed by atoms with van der Waals surface area (Å²) in [6.07, 6.45) is 5.54. The van der Waals surface area contributed by atoms with Gasteiger partial charge >= 0.3 is 0 Å². The van der Waals surface area contributed by atoms with Crippen molar-refractivity contribution in [3.63, 3.8) is 0 Å². The minimum Gasteiger partial charge on any atom is -0.550 e. The van der Waals surface area contributed by atoms with Crippen molar-refractivity contribution < 1.29 is 19.4 Å². The predicted molar refractivity (Wildman–Crippen MR) is 96.3 cm³/mol. The number of carbonyl (C=O) groups is 2. The Bertz CT molecular complexity index is 712. The van der Waals surface area contributed by atoms with E-state index in [9.17, 15) is 14.7 Å². The third-order valence-electron chi connectivity index (χ3n) is 3.30. The van der Waals surface area contributed by atoms with Crippen molar-refractivity contribution in [3.8, 4) is 5.75 Å². The monoisotopic (exact) mass is 362 g/mol. The summed E-state index contributed by atoms with van der Waals surface area (Å²) in [6, 6.07) is 7.55. The molecule has 1 aromatic rings. The second-order valence-corrected chi connectivity index (χ2v) is 6.61. The van der Waals surface area contributed by atoms with Gasteiger partial charge in [0.05, 0.1) is 12.0 Å². The number of carboxylic acid groups (broad SMARTS) is 1. The number of rotatable bonds is 7. The molecule has 7 heteroatoms. The second kappa shape index (κ2) is 8.65. The van der Waals surface area contributed by atoms with E-state index in [2.05, 4.69) is 0 Å². The van der Waals surface area contributed by atoms with Gasteiger partial charge in [-0.3, -0.25) is 9.69 Å². The number of carboxylic acids is 1. The first-order chi connectivity index (χ1) is 11.5. The molecule has 0 aromatic heterocycles. The number of hydrogen-bond acceptors (Lipinski definition) is 6. The average Bonchev–Trinajstić information content (AvgIpc) is 2.82. The topological polar surface area (TPSA) is 69.7 Å². The Morgan fingerprint density at radius 2 is 2.17 bits per heavy atom. The van der Waals surface area contributed by atoms with Crippen molar-refractivity contribution in [2.24, 2.45) is 0 Å². The van der Waals surface area contributed by atoms with Crippen LogP contribution in [0.15, 0.2) is 41.3 Å². The molecule has 0 atom stereocenters.